The molecule has 88 valence electrons. The van der Waals surface area contributed by atoms with Crippen molar-refractivity contribution in [1.29, 1.82) is 0 Å². The summed E-state index contributed by atoms with van der Waals surface area (Å²) in [7, 11) is 0. The standard InChI is InChI=1S/C13H24O2/c1-13(2,3)12-11(15-12)10(14)9-7-5-4-6-8-9/h9-12,14H,4-8H2,1-3H3/t10-,11+,12-/m1/s1. The number of epoxide rings is 1. The molecule has 0 aromatic carbocycles. The highest BCUT2D eigenvalue weighted by molar-refractivity contribution is 4.99. The van der Waals surface area contributed by atoms with Crippen LogP contribution in [0.2, 0.25) is 0 Å². The van der Waals surface area contributed by atoms with Gasteiger partial charge in [0.05, 0.1) is 12.2 Å². The molecule has 1 saturated carbocycles. The van der Waals surface area contributed by atoms with E-state index in [1.165, 1.54) is 32.1 Å². The lowest BCUT2D eigenvalue weighted by Gasteiger charge is -2.26. The van der Waals surface area contributed by atoms with Crippen LogP contribution >= 0.6 is 0 Å². The largest absolute Gasteiger partial charge is 0.390 e. The van der Waals surface area contributed by atoms with Gasteiger partial charge in [0.15, 0.2) is 0 Å². The van der Waals surface area contributed by atoms with Crippen molar-refractivity contribution in [2.24, 2.45) is 11.3 Å². The van der Waals surface area contributed by atoms with E-state index in [-0.39, 0.29) is 23.7 Å². The Balaban J connectivity index is 1.85. The van der Waals surface area contributed by atoms with E-state index in [1.807, 2.05) is 0 Å². The quantitative estimate of drug-likeness (QED) is 0.714. The van der Waals surface area contributed by atoms with Gasteiger partial charge in [-0.3, -0.25) is 0 Å². The monoisotopic (exact) mass is 212 g/mol. The van der Waals surface area contributed by atoms with Crippen LogP contribution in [0.25, 0.3) is 0 Å². The van der Waals surface area contributed by atoms with Crippen molar-refractivity contribution in [2.45, 2.75) is 71.2 Å². The Kier molecular flexibility index (Phi) is 3.09. The maximum absolute atomic E-state index is 10.2. The van der Waals surface area contributed by atoms with Crippen molar-refractivity contribution in [3.05, 3.63) is 0 Å². The molecular weight excluding hydrogens is 188 g/mol. The van der Waals surface area contributed by atoms with Crippen LogP contribution in [-0.2, 0) is 4.74 Å². The maximum Gasteiger partial charge on any atom is 0.111 e. The molecule has 2 rings (SSSR count). The first kappa shape index (κ1) is 11.4. The minimum Gasteiger partial charge on any atom is -0.390 e. The molecule has 1 aliphatic heterocycles. The Labute approximate surface area is 93.0 Å². The first-order chi connectivity index (χ1) is 7.00. The van der Waals surface area contributed by atoms with Crippen molar-refractivity contribution in [3.63, 3.8) is 0 Å². The molecule has 0 unspecified atom stereocenters. The van der Waals surface area contributed by atoms with E-state index in [9.17, 15) is 5.11 Å². The molecule has 0 amide bonds. The Morgan fingerprint density at radius 3 is 2.20 bits per heavy atom. The van der Waals surface area contributed by atoms with Crippen LogP contribution in [0.1, 0.15) is 52.9 Å². The zero-order valence-corrected chi connectivity index (χ0v) is 10.2. The molecule has 0 spiro atoms. The highest BCUT2D eigenvalue weighted by Gasteiger charge is 2.52. The lowest BCUT2D eigenvalue weighted by molar-refractivity contribution is 0.0585. The highest BCUT2D eigenvalue weighted by atomic mass is 16.6. The summed E-state index contributed by atoms with van der Waals surface area (Å²) in [4.78, 5) is 0. The van der Waals surface area contributed by atoms with E-state index in [4.69, 9.17) is 4.74 Å². The molecule has 1 N–H and O–H groups in total. The van der Waals surface area contributed by atoms with Crippen LogP contribution in [0.3, 0.4) is 0 Å². The highest BCUT2D eigenvalue weighted by Crippen LogP contribution is 2.43. The van der Waals surface area contributed by atoms with Gasteiger partial charge in [-0.25, -0.2) is 0 Å². The Hall–Kier alpha value is -0.0800. The van der Waals surface area contributed by atoms with Crippen LogP contribution in [-0.4, -0.2) is 23.4 Å². The summed E-state index contributed by atoms with van der Waals surface area (Å²) in [6.07, 6.45) is 6.48. The lowest BCUT2D eigenvalue weighted by atomic mass is 9.81. The van der Waals surface area contributed by atoms with E-state index in [0.29, 0.717) is 5.92 Å². The third-order valence-electron chi connectivity index (χ3n) is 3.85. The molecule has 2 aliphatic rings. The van der Waals surface area contributed by atoms with Gasteiger partial charge in [0.25, 0.3) is 0 Å². The number of hydrogen-bond donors (Lipinski definition) is 1. The van der Waals surface area contributed by atoms with E-state index in [0.717, 1.165) is 0 Å². The fourth-order valence-corrected chi connectivity index (χ4v) is 2.82. The normalized spacial score (nSPS) is 35.2. The summed E-state index contributed by atoms with van der Waals surface area (Å²) in [5.41, 5.74) is 0.181. The van der Waals surface area contributed by atoms with Gasteiger partial charge < -0.3 is 9.84 Å². The molecule has 15 heavy (non-hydrogen) atoms. The summed E-state index contributed by atoms with van der Waals surface area (Å²) in [6.45, 7) is 6.56. The van der Waals surface area contributed by atoms with Gasteiger partial charge in [-0.15, -0.1) is 0 Å². The summed E-state index contributed by atoms with van der Waals surface area (Å²) >= 11 is 0. The van der Waals surface area contributed by atoms with Crippen molar-refractivity contribution in [1.82, 2.24) is 0 Å². The molecular formula is C13H24O2. The minimum atomic E-state index is -0.213. The van der Waals surface area contributed by atoms with Crippen LogP contribution in [0, 0.1) is 11.3 Å². The first-order valence-corrected chi connectivity index (χ1v) is 6.33. The van der Waals surface area contributed by atoms with Gasteiger partial charge in [-0.05, 0) is 24.2 Å². The summed E-state index contributed by atoms with van der Waals surface area (Å²) < 4.78 is 5.65. The Morgan fingerprint density at radius 2 is 1.73 bits per heavy atom. The minimum absolute atomic E-state index is 0.119. The SMILES string of the molecule is CC(C)(C)[C@@H]1O[C@H]1[C@H](O)C1CCCCC1. The number of aliphatic hydroxyl groups excluding tert-OH is 1. The van der Waals surface area contributed by atoms with Crippen molar-refractivity contribution in [3.8, 4) is 0 Å². The third-order valence-corrected chi connectivity index (χ3v) is 3.85. The third kappa shape index (κ3) is 2.54. The summed E-state index contributed by atoms with van der Waals surface area (Å²) in [6, 6.07) is 0. The van der Waals surface area contributed by atoms with Crippen LogP contribution in [0.5, 0.6) is 0 Å². The van der Waals surface area contributed by atoms with Gasteiger partial charge >= 0.3 is 0 Å². The van der Waals surface area contributed by atoms with Crippen LogP contribution < -0.4 is 0 Å². The van der Waals surface area contributed by atoms with Crippen LogP contribution in [0.15, 0.2) is 0 Å². The molecule has 1 heterocycles. The van der Waals surface area contributed by atoms with Crippen molar-refractivity contribution >= 4 is 0 Å². The first-order valence-electron chi connectivity index (χ1n) is 6.33. The van der Waals surface area contributed by atoms with Gasteiger partial charge in [0, 0.05) is 0 Å². The molecule has 1 aliphatic carbocycles. The number of aliphatic hydroxyl groups is 1. The fourth-order valence-electron chi connectivity index (χ4n) is 2.82. The summed E-state index contributed by atoms with van der Waals surface area (Å²) in [5, 5.41) is 10.2. The van der Waals surface area contributed by atoms with Crippen molar-refractivity contribution in [2.75, 3.05) is 0 Å². The second-order valence-corrected chi connectivity index (χ2v) is 6.28. The Bertz CT molecular complexity index is 213. The maximum atomic E-state index is 10.2. The van der Waals surface area contributed by atoms with E-state index < -0.39 is 0 Å². The molecule has 2 nitrogen and oxygen atoms in total. The Morgan fingerprint density at radius 1 is 1.13 bits per heavy atom. The molecule has 0 aromatic heterocycles. The zero-order chi connectivity index (χ0) is 11.1. The molecule has 0 radical (unpaired) electrons. The average Bonchev–Trinajstić information content (AvgIpc) is 2.97. The lowest BCUT2D eigenvalue weighted by Crippen LogP contribution is -2.31. The van der Waals surface area contributed by atoms with Gasteiger partial charge in [-0.1, -0.05) is 40.0 Å². The summed E-state index contributed by atoms with van der Waals surface area (Å²) in [5.74, 6) is 0.496. The molecule has 3 atom stereocenters. The number of rotatable bonds is 2. The molecule has 1 saturated heterocycles. The second kappa shape index (κ2) is 4.06. The number of ether oxygens (including phenoxy) is 1. The van der Waals surface area contributed by atoms with E-state index >= 15 is 0 Å². The second-order valence-electron chi connectivity index (χ2n) is 6.28. The van der Waals surface area contributed by atoms with Crippen LogP contribution in [0.4, 0.5) is 0 Å². The predicted octanol–water partition coefficient (Wildman–Crippen LogP) is 2.74. The van der Waals surface area contributed by atoms with Gasteiger partial charge in [0.1, 0.15) is 6.10 Å². The average molecular weight is 212 g/mol. The topological polar surface area (TPSA) is 32.8 Å². The molecule has 0 aromatic rings. The fraction of sp³-hybridized carbons (Fsp3) is 1.00. The smallest absolute Gasteiger partial charge is 0.111 e. The van der Waals surface area contributed by atoms with Gasteiger partial charge in [-0.2, -0.15) is 0 Å². The zero-order valence-electron chi connectivity index (χ0n) is 10.2. The number of hydrogen-bond acceptors (Lipinski definition) is 2. The van der Waals surface area contributed by atoms with Gasteiger partial charge in [0.2, 0.25) is 0 Å². The predicted molar refractivity (Wildman–Crippen MR) is 60.7 cm³/mol. The van der Waals surface area contributed by atoms with E-state index in [1.54, 1.807) is 0 Å². The molecule has 2 fully saturated rings. The van der Waals surface area contributed by atoms with E-state index in [2.05, 4.69) is 20.8 Å². The van der Waals surface area contributed by atoms with Crippen molar-refractivity contribution < 1.29 is 9.84 Å². The molecule has 0 bridgehead atoms. The molecule has 2 heteroatoms.